The normalized spacial score (nSPS) is 10.4. The van der Waals surface area contributed by atoms with E-state index in [9.17, 15) is 0 Å². The summed E-state index contributed by atoms with van der Waals surface area (Å²) < 4.78 is 0. The van der Waals surface area contributed by atoms with Gasteiger partial charge in [-0.25, -0.2) is 0 Å². The van der Waals surface area contributed by atoms with Crippen molar-refractivity contribution >= 4 is 72.9 Å². The number of benzene rings is 6. The summed E-state index contributed by atoms with van der Waals surface area (Å²) in [6.07, 6.45) is 0. The van der Waals surface area contributed by atoms with Crippen LogP contribution in [0, 0.1) is 0 Å². The van der Waals surface area contributed by atoms with Gasteiger partial charge in [0.05, 0.1) is 0 Å². The van der Waals surface area contributed by atoms with E-state index in [0.29, 0.717) is 11.8 Å². The second-order valence-corrected chi connectivity index (χ2v) is 16.9. The van der Waals surface area contributed by atoms with Crippen molar-refractivity contribution in [1.82, 2.24) is 0 Å². The topological polar surface area (TPSA) is 0 Å². The van der Waals surface area contributed by atoms with E-state index in [2.05, 4.69) is 185 Å². The van der Waals surface area contributed by atoms with Gasteiger partial charge in [-0.3, -0.25) is 0 Å². The quantitative estimate of drug-likeness (QED) is 0.171. The molecular weight excluding hydrogens is 793 g/mol. The number of hydrogen-bond acceptors (Lipinski definition) is 2. The average molecular weight is 833 g/mol. The SMILES string of the molecule is CC(C)c1cccc(P(c2ccccc2)c2ccccc2)c1[S-].CC(C)c1cccc(P(c2ccccc2)c2ccccc2)c1[S-].[Cl-].[Cl-].[Zr+4]. The standard InChI is InChI=1S/2C21H21PS.2ClH.Zr/c2*1-16(2)19-14-9-15-20(21(19)23)22(17-10-5-3-6-11-17)18-12-7-4-8-13-18;;;/h2*3-16,23H,1-2H3;2*1H;/q;;;;+4/p-4. The molecule has 0 aliphatic heterocycles. The first-order valence-corrected chi connectivity index (χ1v) is 19.3. The average Bonchev–Trinajstić information content (AvgIpc) is 3.08. The third kappa shape index (κ3) is 11.0. The van der Waals surface area contributed by atoms with Crippen molar-refractivity contribution in [2.45, 2.75) is 49.3 Å². The van der Waals surface area contributed by atoms with Gasteiger partial charge in [-0.2, -0.15) is 9.79 Å². The Hall–Kier alpha value is -1.92. The Bertz CT molecular complexity index is 1610. The fourth-order valence-corrected chi connectivity index (χ4v) is 11.5. The number of halogens is 2. The molecule has 0 saturated carbocycles. The summed E-state index contributed by atoms with van der Waals surface area (Å²) in [5.41, 5.74) is 2.55. The Morgan fingerprint density at radius 2 is 0.612 bits per heavy atom. The molecule has 0 amide bonds. The minimum absolute atomic E-state index is 0. The summed E-state index contributed by atoms with van der Waals surface area (Å²) in [4.78, 5) is 2.06. The van der Waals surface area contributed by atoms with Crippen LogP contribution in [-0.4, -0.2) is 0 Å². The van der Waals surface area contributed by atoms with Crippen LogP contribution in [0.2, 0.25) is 0 Å². The summed E-state index contributed by atoms with van der Waals surface area (Å²) in [6.45, 7) is 8.84. The van der Waals surface area contributed by atoms with Gasteiger partial charge >= 0.3 is 26.2 Å². The molecule has 0 bridgehead atoms. The first-order chi connectivity index (χ1) is 22.4. The minimum atomic E-state index is -0.612. The smallest absolute Gasteiger partial charge is 1.00 e. The van der Waals surface area contributed by atoms with Gasteiger partial charge in [0.25, 0.3) is 0 Å². The Morgan fingerprint density at radius 3 is 0.837 bits per heavy atom. The molecule has 0 spiro atoms. The van der Waals surface area contributed by atoms with Crippen LogP contribution < -0.4 is 56.6 Å². The molecule has 6 aromatic rings. The zero-order valence-corrected chi connectivity index (χ0v) is 35.5. The Kier molecular flexibility index (Phi) is 18.9. The molecule has 248 valence electrons. The monoisotopic (exact) mass is 830 g/mol. The Balaban J connectivity index is 0.000000321. The van der Waals surface area contributed by atoms with E-state index in [1.54, 1.807) is 0 Å². The molecular formula is C42H40Cl2P2S2Zr. The molecule has 0 saturated heterocycles. The van der Waals surface area contributed by atoms with Crippen LogP contribution in [0.1, 0.15) is 50.7 Å². The largest absolute Gasteiger partial charge is 4.00 e. The van der Waals surface area contributed by atoms with Crippen molar-refractivity contribution in [3.8, 4) is 0 Å². The van der Waals surface area contributed by atoms with Crippen molar-refractivity contribution in [2.75, 3.05) is 0 Å². The first-order valence-electron chi connectivity index (χ1n) is 15.8. The molecule has 0 aromatic heterocycles. The number of hydrogen-bond donors (Lipinski definition) is 0. The van der Waals surface area contributed by atoms with E-state index in [-0.39, 0.29) is 51.0 Å². The van der Waals surface area contributed by atoms with E-state index >= 15 is 0 Å². The van der Waals surface area contributed by atoms with Crippen LogP contribution in [0.4, 0.5) is 0 Å². The predicted molar refractivity (Wildman–Crippen MR) is 210 cm³/mol. The summed E-state index contributed by atoms with van der Waals surface area (Å²) >= 11 is 11.7. The maximum Gasteiger partial charge on any atom is 4.00 e. The molecule has 7 heteroatoms. The fourth-order valence-electron chi connectivity index (χ4n) is 5.51. The second-order valence-electron chi connectivity index (χ2n) is 11.7. The van der Waals surface area contributed by atoms with Crippen LogP contribution in [-0.2, 0) is 51.5 Å². The van der Waals surface area contributed by atoms with E-state index in [0.717, 1.165) is 9.79 Å². The summed E-state index contributed by atoms with van der Waals surface area (Å²) in [6, 6.07) is 56.0. The molecule has 0 unspecified atom stereocenters. The molecule has 0 atom stereocenters. The molecule has 0 N–H and O–H groups in total. The zero-order valence-electron chi connectivity index (χ0n) is 28.1. The van der Waals surface area contributed by atoms with Crippen molar-refractivity contribution < 1.29 is 51.0 Å². The second kappa shape index (κ2) is 21.4. The van der Waals surface area contributed by atoms with Crippen molar-refractivity contribution in [1.29, 1.82) is 0 Å². The zero-order chi connectivity index (χ0) is 32.5. The van der Waals surface area contributed by atoms with Crippen LogP contribution in [0.15, 0.2) is 168 Å². The molecule has 6 rings (SSSR count). The third-order valence-corrected chi connectivity index (χ3v) is 14.0. The van der Waals surface area contributed by atoms with Gasteiger partial charge in [0.1, 0.15) is 0 Å². The number of rotatable bonds is 8. The van der Waals surface area contributed by atoms with Crippen molar-refractivity contribution in [3.63, 3.8) is 0 Å². The van der Waals surface area contributed by atoms with E-state index in [1.807, 2.05) is 0 Å². The summed E-state index contributed by atoms with van der Waals surface area (Å²) in [7, 11) is -1.22. The fraction of sp³-hybridized carbons (Fsp3) is 0.143. The Morgan fingerprint density at radius 1 is 0.367 bits per heavy atom. The van der Waals surface area contributed by atoms with E-state index in [4.69, 9.17) is 25.3 Å². The van der Waals surface area contributed by atoms with Crippen LogP contribution in [0.5, 0.6) is 0 Å². The van der Waals surface area contributed by atoms with E-state index in [1.165, 1.54) is 43.0 Å². The maximum atomic E-state index is 5.86. The summed E-state index contributed by atoms with van der Waals surface area (Å²) in [5, 5.41) is 7.97. The van der Waals surface area contributed by atoms with Gasteiger partial charge in [0, 0.05) is 0 Å². The third-order valence-electron chi connectivity index (χ3n) is 7.83. The minimum Gasteiger partial charge on any atom is -1.00 e. The molecule has 6 aromatic carbocycles. The molecule has 0 nitrogen and oxygen atoms in total. The van der Waals surface area contributed by atoms with Crippen LogP contribution in [0.25, 0.3) is 0 Å². The van der Waals surface area contributed by atoms with Gasteiger partial charge in [-0.1, -0.05) is 197 Å². The molecule has 0 radical (unpaired) electrons. The van der Waals surface area contributed by atoms with Crippen molar-refractivity contribution in [2.24, 2.45) is 0 Å². The Labute approximate surface area is 339 Å². The van der Waals surface area contributed by atoms with Gasteiger partial charge in [0.2, 0.25) is 0 Å². The molecule has 0 aliphatic rings. The van der Waals surface area contributed by atoms with Gasteiger partial charge in [0.15, 0.2) is 0 Å². The van der Waals surface area contributed by atoms with Crippen molar-refractivity contribution in [3.05, 3.63) is 169 Å². The predicted octanol–water partition coefficient (Wildman–Crippen LogP) is 2.95. The first kappa shape index (κ1) is 43.2. The van der Waals surface area contributed by atoms with Crippen LogP contribution in [0.3, 0.4) is 0 Å². The van der Waals surface area contributed by atoms with Crippen LogP contribution >= 0.6 is 15.8 Å². The maximum absolute atomic E-state index is 5.86. The van der Waals surface area contributed by atoms with Gasteiger partial charge in [-0.15, -0.1) is 0 Å². The molecule has 0 aliphatic carbocycles. The van der Waals surface area contributed by atoms with Gasteiger partial charge < -0.3 is 50.1 Å². The summed E-state index contributed by atoms with van der Waals surface area (Å²) in [5.74, 6) is 0.900. The molecule has 0 heterocycles. The molecule has 49 heavy (non-hydrogen) atoms. The van der Waals surface area contributed by atoms with Gasteiger partial charge in [-0.05, 0) is 59.5 Å². The van der Waals surface area contributed by atoms with E-state index < -0.39 is 15.8 Å². The molecule has 0 fully saturated rings.